The minimum Gasteiger partial charge on any atom is -0.462 e. The monoisotopic (exact) mass is 577 g/mol. The first-order chi connectivity index (χ1) is 18.6. The van der Waals surface area contributed by atoms with Crippen molar-refractivity contribution in [1.82, 2.24) is 9.97 Å². The highest BCUT2D eigenvalue weighted by Gasteiger charge is 2.34. The molecule has 3 aromatic rings. The van der Waals surface area contributed by atoms with Crippen molar-refractivity contribution in [3.05, 3.63) is 64.4 Å². The summed E-state index contributed by atoms with van der Waals surface area (Å²) in [5, 5.41) is -0.224. The second kappa shape index (κ2) is 10.4. The third kappa shape index (κ3) is 5.11. The topological polar surface area (TPSA) is 122 Å². The van der Waals surface area contributed by atoms with Gasteiger partial charge in [0, 0.05) is 36.9 Å². The molecule has 0 radical (unpaired) electrons. The largest absolute Gasteiger partial charge is 0.462 e. The van der Waals surface area contributed by atoms with Crippen LogP contribution in [0.1, 0.15) is 35.7 Å². The van der Waals surface area contributed by atoms with Gasteiger partial charge < -0.3 is 14.5 Å². The molecular formula is C25H22ClF2N5O5S. The van der Waals surface area contributed by atoms with Crippen LogP contribution in [0, 0.1) is 11.6 Å². The molecule has 1 aromatic heterocycles. The van der Waals surface area contributed by atoms with Crippen molar-refractivity contribution >= 4 is 56.5 Å². The Morgan fingerprint density at radius 2 is 1.77 bits per heavy atom. The van der Waals surface area contributed by atoms with Crippen LogP contribution >= 0.6 is 11.6 Å². The number of carbonyl (C=O) groups is 2. The van der Waals surface area contributed by atoms with Gasteiger partial charge >= 0.3 is 5.97 Å². The van der Waals surface area contributed by atoms with Crippen molar-refractivity contribution in [2.45, 2.75) is 31.1 Å². The number of sulfonamides is 1. The third-order valence-electron chi connectivity index (χ3n) is 6.33. The Bertz CT molecular complexity index is 1560. The number of carbonyl (C=O) groups excluding carboxylic acids is 2. The van der Waals surface area contributed by atoms with Crippen LogP contribution in [0.15, 0.2) is 41.6 Å². The van der Waals surface area contributed by atoms with Crippen LogP contribution in [-0.4, -0.2) is 50.0 Å². The summed E-state index contributed by atoms with van der Waals surface area (Å²) in [7, 11) is -4.48. The number of aromatic nitrogens is 2. The summed E-state index contributed by atoms with van der Waals surface area (Å²) < 4.78 is 62.2. The highest BCUT2D eigenvalue weighted by atomic mass is 35.5. The third-order valence-corrected chi connectivity index (χ3v) is 7.87. The van der Waals surface area contributed by atoms with Crippen LogP contribution in [0.2, 0.25) is 5.02 Å². The Kier molecular flexibility index (Phi) is 7.12. The quantitative estimate of drug-likeness (QED) is 0.415. The van der Waals surface area contributed by atoms with Gasteiger partial charge in [0.2, 0.25) is 11.9 Å². The summed E-state index contributed by atoms with van der Waals surface area (Å²) in [5.41, 5.74) is 0.724. The number of hydrogen-bond donors (Lipinski definition) is 1. The summed E-state index contributed by atoms with van der Waals surface area (Å²) in [4.78, 5) is 36.2. The number of ether oxygens (including phenoxy) is 1. The zero-order chi connectivity index (χ0) is 27.9. The highest BCUT2D eigenvalue weighted by Crippen LogP contribution is 2.44. The molecule has 1 amide bonds. The molecule has 14 heteroatoms. The summed E-state index contributed by atoms with van der Waals surface area (Å²) in [6.07, 6.45) is 3.90. The van der Waals surface area contributed by atoms with Crippen LogP contribution in [0.3, 0.4) is 0 Å². The fraction of sp³-hybridized carbons (Fsp3) is 0.280. The molecule has 0 aliphatic carbocycles. The van der Waals surface area contributed by atoms with Crippen molar-refractivity contribution < 1.29 is 31.5 Å². The van der Waals surface area contributed by atoms with E-state index in [1.165, 1.54) is 29.4 Å². The number of fused-ring (bicyclic) bond motifs is 1. The van der Waals surface area contributed by atoms with Crippen molar-refractivity contribution in [2.75, 3.05) is 34.2 Å². The van der Waals surface area contributed by atoms with E-state index in [9.17, 15) is 26.8 Å². The predicted molar refractivity (Wildman–Crippen MR) is 139 cm³/mol. The van der Waals surface area contributed by atoms with Crippen molar-refractivity contribution in [3.63, 3.8) is 0 Å². The lowest BCUT2D eigenvalue weighted by molar-refractivity contribution is -0.117. The molecule has 5 rings (SSSR count). The van der Waals surface area contributed by atoms with Gasteiger partial charge in [-0.2, -0.15) is 0 Å². The Labute approximate surface area is 227 Å². The van der Waals surface area contributed by atoms with Gasteiger partial charge in [-0.15, -0.1) is 0 Å². The molecule has 1 saturated heterocycles. The maximum absolute atomic E-state index is 14.4. The first-order valence-electron chi connectivity index (χ1n) is 12.0. The summed E-state index contributed by atoms with van der Waals surface area (Å²) in [6.45, 7) is 2.60. The second-order valence-electron chi connectivity index (χ2n) is 8.84. The molecular weight excluding hydrogens is 556 g/mol. The van der Waals surface area contributed by atoms with E-state index in [0.29, 0.717) is 42.9 Å². The number of nitrogens with one attached hydrogen (secondary N) is 1. The van der Waals surface area contributed by atoms with E-state index in [-0.39, 0.29) is 40.4 Å². The van der Waals surface area contributed by atoms with Crippen LogP contribution in [-0.2, 0) is 26.0 Å². The number of anilines is 4. The van der Waals surface area contributed by atoms with E-state index in [2.05, 4.69) is 9.97 Å². The lowest BCUT2D eigenvalue weighted by atomic mass is 10.1. The standard InChI is InChI=1S/C25H22ClF2N5O5S/c1-2-38-24(35)15-12-29-25(30-13-15)33-7-5-14-8-17(11-20(23(14)33)32-6-3-4-21(32)34)39(36,37)31-22-18(27)9-16(26)10-19(22)28/h8-13,31H,2-7H2,1H3. The fourth-order valence-corrected chi connectivity index (χ4v) is 5.91. The molecule has 204 valence electrons. The van der Waals surface area contributed by atoms with Gasteiger partial charge in [-0.1, -0.05) is 11.6 Å². The van der Waals surface area contributed by atoms with Crippen LogP contribution in [0.25, 0.3) is 0 Å². The summed E-state index contributed by atoms with van der Waals surface area (Å²) in [5.74, 6) is -2.86. The number of benzene rings is 2. The van der Waals surface area contributed by atoms with E-state index in [1.807, 2.05) is 4.72 Å². The van der Waals surface area contributed by atoms with Crippen molar-refractivity contribution in [1.29, 1.82) is 0 Å². The molecule has 3 heterocycles. The smallest absolute Gasteiger partial charge is 0.341 e. The Balaban J connectivity index is 1.56. The lowest BCUT2D eigenvalue weighted by Crippen LogP contribution is -2.27. The van der Waals surface area contributed by atoms with Gasteiger partial charge in [0.1, 0.15) is 5.69 Å². The molecule has 2 aliphatic heterocycles. The fourth-order valence-electron chi connectivity index (χ4n) is 4.57. The molecule has 1 fully saturated rings. The maximum Gasteiger partial charge on any atom is 0.341 e. The van der Waals surface area contributed by atoms with Gasteiger partial charge in [0.25, 0.3) is 10.0 Å². The Hall–Kier alpha value is -3.84. The maximum atomic E-state index is 14.4. The first-order valence-corrected chi connectivity index (χ1v) is 13.9. The van der Waals surface area contributed by atoms with Gasteiger partial charge in [0.15, 0.2) is 11.6 Å². The first kappa shape index (κ1) is 26.8. The Morgan fingerprint density at radius 3 is 2.38 bits per heavy atom. The van der Waals surface area contributed by atoms with Gasteiger partial charge in [-0.3, -0.25) is 9.52 Å². The number of halogens is 3. The second-order valence-corrected chi connectivity index (χ2v) is 11.0. The molecule has 1 N–H and O–H groups in total. The molecule has 2 aliphatic rings. The lowest BCUT2D eigenvalue weighted by Gasteiger charge is -2.26. The van der Waals surface area contributed by atoms with Gasteiger partial charge in [-0.25, -0.2) is 32.0 Å². The minimum atomic E-state index is -4.48. The summed E-state index contributed by atoms with van der Waals surface area (Å²) in [6, 6.07) is 4.27. The van der Waals surface area contributed by atoms with Gasteiger partial charge in [-0.05, 0) is 49.6 Å². The van der Waals surface area contributed by atoms with E-state index < -0.39 is 33.3 Å². The minimum absolute atomic E-state index is 0.171. The SMILES string of the molecule is CCOC(=O)c1cnc(N2CCc3cc(S(=O)(=O)Nc4c(F)cc(Cl)cc4F)cc(N4CCCC4=O)c32)nc1. The zero-order valence-electron chi connectivity index (χ0n) is 20.6. The molecule has 39 heavy (non-hydrogen) atoms. The van der Waals surface area contributed by atoms with E-state index >= 15 is 0 Å². The number of rotatable bonds is 7. The normalized spacial score (nSPS) is 15.0. The number of amides is 1. The van der Waals surface area contributed by atoms with Gasteiger partial charge in [0.05, 0.1) is 28.4 Å². The van der Waals surface area contributed by atoms with E-state index in [4.69, 9.17) is 16.3 Å². The molecule has 0 atom stereocenters. The van der Waals surface area contributed by atoms with Crippen LogP contribution in [0.4, 0.5) is 31.8 Å². The molecule has 10 nitrogen and oxygen atoms in total. The predicted octanol–water partition coefficient (Wildman–Crippen LogP) is 4.21. The molecule has 0 bridgehead atoms. The highest BCUT2D eigenvalue weighted by molar-refractivity contribution is 7.92. The van der Waals surface area contributed by atoms with Crippen LogP contribution < -0.4 is 14.5 Å². The molecule has 0 unspecified atom stereocenters. The van der Waals surface area contributed by atoms with Crippen molar-refractivity contribution in [3.8, 4) is 0 Å². The summed E-state index contributed by atoms with van der Waals surface area (Å²) >= 11 is 5.65. The average Bonchev–Trinajstić information content (AvgIpc) is 3.52. The molecule has 0 saturated carbocycles. The average molecular weight is 578 g/mol. The van der Waals surface area contributed by atoms with E-state index in [1.54, 1.807) is 11.8 Å². The number of hydrogen-bond acceptors (Lipinski definition) is 8. The number of esters is 1. The molecule has 0 spiro atoms. The number of nitrogens with zero attached hydrogens (tertiary/aromatic N) is 4. The Morgan fingerprint density at radius 1 is 1.08 bits per heavy atom. The van der Waals surface area contributed by atoms with Crippen LogP contribution in [0.5, 0.6) is 0 Å². The van der Waals surface area contributed by atoms with Crippen molar-refractivity contribution in [2.24, 2.45) is 0 Å². The van der Waals surface area contributed by atoms with E-state index in [0.717, 1.165) is 12.1 Å². The molecule has 2 aromatic carbocycles. The zero-order valence-corrected chi connectivity index (χ0v) is 22.2.